The van der Waals surface area contributed by atoms with Crippen LogP contribution in [0.1, 0.15) is 11.8 Å². The number of anilines is 2. The summed E-state index contributed by atoms with van der Waals surface area (Å²) in [7, 11) is 0. The molecule has 0 saturated heterocycles. The van der Waals surface area contributed by atoms with Gasteiger partial charge in [-0.15, -0.1) is 11.3 Å². The zero-order valence-corrected chi connectivity index (χ0v) is 11.7. The number of fused-ring (bicyclic) bond motifs is 1. The van der Waals surface area contributed by atoms with Gasteiger partial charge in [0.1, 0.15) is 5.82 Å². The fourth-order valence-corrected chi connectivity index (χ4v) is 2.86. The van der Waals surface area contributed by atoms with E-state index in [4.69, 9.17) is 5.84 Å². The van der Waals surface area contributed by atoms with E-state index < -0.39 is 0 Å². The van der Waals surface area contributed by atoms with Gasteiger partial charge in [-0.05, 0) is 18.4 Å². The van der Waals surface area contributed by atoms with Crippen molar-refractivity contribution in [2.24, 2.45) is 5.84 Å². The molecule has 0 aliphatic carbocycles. The first-order valence-corrected chi connectivity index (χ1v) is 7.11. The fourth-order valence-electron chi connectivity index (χ4n) is 2.02. The number of nitrogens with one attached hydrogen (secondary N) is 3. The molecule has 7 nitrogen and oxygen atoms in total. The Balaban J connectivity index is 1.84. The Morgan fingerprint density at radius 3 is 3.10 bits per heavy atom. The van der Waals surface area contributed by atoms with E-state index in [1.165, 1.54) is 4.88 Å². The lowest BCUT2D eigenvalue weighted by molar-refractivity contribution is 0.796. The second-order valence-electron chi connectivity index (χ2n) is 4.50. The van der Waals surface area contributed by atoms with Crippen LogP contribution in [0, 0.1) is 0 Å². The molecule has 0 bridgehead atoms. The van der Waals surface area contributed by atoms with Crippen LogP contribution in [0.5, 0.6) is 0 Å². The molecule has 3 aromatic rings. The summed E-state index contributed by atoms with van der Waals surface area (Å²) in [6.45, 7) is 2.11. The summed E-state index contributed by atoms with van der Waals surface area (Å²) in [6, 6.07) is 4.43. The maximum Gasteiger partial charge on any atom is 0.241 e. The maximum absolute atomic E-state index is 5.38. The molecule has 0 spiro atoms. The second-order valence-corrected chi connectivity index (χ2v) is 5.53. The minimum Gasteiger partial charge on any atom is -0.366 e. The molecule has 0 aliphatic heterocycles. The Bertz CT molecular complexity index is 691. The number of nitrogen functional groups attached to an aromatic ring is 1. The second kappa shape index (κ2) is 5.43. The van der Waals surface area contributed by atoms with E-state index in [1.54, 1.807) is 17.5 Å². The topological polar surface area (TPSA) is 105 Å². The predicted molar refractivity (Wildman–Crippen MR) is 80.6 cm³/mol. The van der Waals surface area contributed by atoms with Crippen LogP contribution in [0.2, 0.25) is 0 Å². The number of aromatic amines is 1. The van der Waals surface area contributed by atoms with Crippen LogP contribution in [-0.2, 0) is 6.42 Å². The van der Waals surface area contributed by atoms with Gasteiger partial charge in [0, 0.05) is 17.3 Å². The molecular formula is C12H15N7S. The molecule has 5 N–H and O–H groups in total. The molecule has 3 aromatic heterocycles. The van der Waals surface area contributed by atoms with E-state index in [0.29, 0.717) is 11.6 Å². The lowest BCUT2D eigenvalue weighted by atomic mass is 10.2. The summed E-state index contributed by atoms with van der Waals surface area (Å²) in [6.07, 6.45) is 2.64. The van der Waals surface area contributed by atoms with Gasteiger partial charge < -0.3 is 5.32 Å². The first-order chi connectivity index (χ1) is 9.76. The molecule has 3 rings (SSSR count). The number of hydrazine groups is 1. The number of rotatable bonds is 5. The molecule has 0 fully saturated rings. The Morgan fingerprint density at radius 1 is 1.45 bits per heavy atom. The molecule has 20 heavy (non-hydrogen) atoms. The van der Waals surface area contributed by atoms with Crippen LogP contribution in [0.15, 0.2) is 23.7 Å². The third-order valence-electron chi connectivity index (χ3n) is 2.91. The molecule has 0 saturated carbocycles. The number of hydrogen-bond acceptors (Lipinski definition) is 7. The van der Waals surface area contributed by atoms with E-state index in [2.05, 4.69) is 55.3 Å². The molecule has 0 radical (unpaired) electrons. The van der Waals surface area contributed by atoms with Gasteiger partial charge in [0.25, 0.3) is 0 Å². The lowest BCUT2D eigenvalue weighted by Gasteiger charge is -2.14. The third-order valence-corrected chi connectivity index (χ3v) is 3.81. The molecule has 3 heterocycles. The van der Waals surface area contributed by atoms with Crippen LogP contribution < -0.4 is 16.6 Å². The summed E-state index contributed by atoms with van der Waals surface area (Å²) in [5.41, 5.74) is 3.11. The van der Waals surface area contributed by atoms with Gasteiger partial charge >= 0.3 is 0 Å². The van der Waals surface area contributed by atoms with Crippen LogP contribution in [-0.4, -0.2) is 26.2 Å². The van der Waals surface area contributed by atoms with E-state index in [9.17, 15) is 0 Å². The quantitative estimate of drug-likeness (QED) is 0.421. The van der Waals surface area contributed by atoms with Crippen LogP contribution in [0.25, 0.3) is 11.0 Å². The van der Waals surface area contributed by atoms with Gasteiger partial charge in [0.05, 0.1) is 11.6 Å². The molecule has 1 atom stereocenters. The van der Waals surface area contributed by atoms with Crippen molar-refractivity contribution in [1.82, 2.24) is 20.2 Å². The zero-order valence-electron chi connectivity index (χ0n) is 10.9. The highest BCUT2D eigenvalue weighted by Gasteiger charge is 2.12. The Kier molecular flexibility index (Phi) is 3.48. The van der Waals surface area contributed by atoms with Crippen molar-refractivity contribution in [1.29, 1.82) is 0 Å². The average molecular weight is 289 g/mol. The smallest absolute Gasteiger partial charge is 0.241 e. The minimum atomic E-state index is 0.243. The summed E-state index contributed by atoms with van der Waals surface area (Å²) < 4.78 is 0. The highest BCUT2D eigenvalue weighted by atomic mass is 32.1. The first-order valence-electron chi connectivity index (χ1n) is 6.23. The normalized spacial score (nSPS) is 12.5. The predicted octanol–water partition coefficient (Wildman–Crippen LogP) is 1.74. The van der Waals surface area contributed by atoms with Gasteiger partial charge in [-0.25, -0.2) is 5.84 Å². The summed E-state index contributed by atoms with van der Waals surface area (Å²) >= 11 is 1.75. The highest BCUT2D eigenvalue weighted by Crippen LogP contribution is 2.21. The number of thiophene rings is 1. The Morgan fingerprint density at radius 2 is 2.35 bits per heavy atom. The Labute approximate surface area is 119 Å². The van der Waals surface area contributed by atoms with E-state index in [0.717, 1.165) is 17.6 Å². The van der Waals surface area contributed by atoms with Gasteiger partial charge in [0.2, 0.25) is 5.95 Å². The number of aromatic nitrogens is 4. The van der Waals surface area contributed by atoms with Crippen LogP contribution in [0.3, 0.4) is 0 Å². The van der Waals surface area contributed by atoms with Gasteiger partial charge in [-0.1, -0.05) is 6.07 Å². The van der Waals surface area contributed by atoms with Crippen molar-refractivity contribution in [3.05, 3.63) is 28.6 Å². The Hall–Kier alpha value is -2.19. The minimum absolute atomic E-state index is 0.243. The van der Waals surface area contributed by atoms with Gasteiger partial charge in [-0.3, -0.25) is 10.5 Å². The third kappa shape index (κ3) is 2.56. The lowest BCUT2D eigenvalue weighted by Crippen LogP contribution is -2.20. The molecule has 1 unspecified atom stereocenters. The number of nitrogens with two attached hydrogens (primary N) is 1. The molecule has 8 heteroatoms. The number of nitrogens with zero attached hydrogens (tertiary/aromatic N) is 3. The fraction of sp³-hybridized carbons (Fsp3) is 0.250. The maximum atomic E-state index is 5.38. The van der Waals surface area contributed by atoms with Crippen molar-refractivity contribution >= 4 is 34.1 Å². The van der Waals surface area contributed by atoms with Gasteiger partial charge in [-0.2, -0.15) is 15.1 Å². The van der Waals surface area contributed by atoms with E-state index >= 15 is 0 Å². The summed E-state index contributed by atoms with van der Waals surface area (Å²) in [5.74, 6) is 6.46. The highest BCUT2D eigenvalue weighted by molar-refractivity contribution is 7.09. The van der Waals surface area contributed by atoms with Crippen molar-refractivity contribution in [3.8, 4) is 0 Å². The van der Waals surface area contributed by atoms with E-state index in [1.807, 2.05) is 0 Å². The first kappa shape index (κ1) is 12.8. The standard InChI is InChI=1S/C12H15N7S/c1-7(5-8-3-2-4-20-8)15-10-9-6-14-19-11(9)17-12(16-10)18-13/h2-4,6-7H,5,13H2,1H3,(H3,14,15,16,17,18,19). The molecule has 0 amide bonds. The van der Waals surface area contributed by atoms with Crippen molar-refractivity contribution in [2.75, 3.05) is 10.7 Å². The zero-order chi connectivity index (χ0) is 13.9. The summed E-state index contributed by atoms with van der Waals surface area (Å²) in [5, 5.41) is 13.1. The van der Waals surface area contributed by atoms with Crippen LogP contribution in [0.4, 0.5) is 11.8 Å². The van der Waals surface area contributed by atoms with Crippen molar-refractivity contribution < 1.29 is 0 Å². The van der Waals surface area contributed by atoms with E-state index in [-0.39, 0.29) is 6.04 Å². The SMILES string of the molecule is CC(Cc1cccs1)Nc1nc(NN)nc2[nH]ncc12. The molecule has 104 valence electrons. The number of hydrogen-bond donors (Lipinski definition) is 4. The molecule has 0 aromatic carbocycles. The van der Waals surface area contributed by atoms with Crippen molar-refractivity contribution in [2.45, 2.75) is 19.4 Å². The molecular weight excluding hydrogens is 274 g/mol. The average Bonchev–Trinajstić information content (AvgIpc) is 3.09. The molecule has 0 aliphatic rings. The van der Waals surface area contributed by atoms with Gasteiger partial charge in [0.15, 0.2) is 5.65 Å². The number of H-pyrrole nitrogens is 1. The van der Waals surface area contributed by atoms with Crippen LogP contribution >= 0.6 is 11.3 Å². The summed E-state index contributed by atoms with van der Waals surface area (Å²) in [4.78, 5) is 9.87. The monoisotopic (exact) mass is 289 g/mol. The van der Waals surface area contributed by atoms with Crippen molar-refractivity contribution in [3.63, 3.8) is 0 Å². The largest absolute Gasteiger partial charge is 0.366 e.